The number of carbonyl (C=O) groups is 3. The Morgan fingerprint density at radius 2 is 1.60 bits per heavy atom. The number of hydrogen-bond acceptors (Lipinski definition) is 9. The van der Waals surface area contributed by atoms with Crippen LogP contribution in [0.25, 0.3) is 0 Å². The molecule has 0 radical (unpaired) electrons. The van der Waals surface area contributed by atoms with Crippen LogP contribution < -0.4 is 0 Å². The molecule has 2 amide bonds. The highest BCUT2D eigenvalue weighted by molar-refractivity contribution is 6.24. The van der Waals surface area contributed by atoms with E-state index in [9.17, 15) is 24.6 Å². The van der Waals surface area contributed by atoms with Gasteiger partial charge >= 0.3 is 0 Å². The summed E-state index contributed by atoms with van der Waals surface area (Å²) in [5, 5.41) is 22.5. The van der Waals surface area contributed by atoms with Gasteiger partial charge in [-0.05, 0) is 6.07 Å². The number of carbonyl (C=O) groups excluding carboxylic acids is 3. The van der Waals surface area contributed by atoms with Gasteiger partial charge in [0.2, 0.25) is 11.4 Å². The lowest BCUT2D eigenvalue weighted by Gasteiger charge is -2.45. The molecule has 1 fully saturated rings. The first kappa shape index (κ1) is 25.1. The lowest BCUT2D eigenvalue weighted by atomic mass is 9.79. The Morgan fingerprint density at radius 1 is 0.971 bits per heavy atom. The summed E-state index contributed by atoms with van der Waals surface area (Å²) in [6.07, 6.45) is -5.10. The number of fused-ring (bicyclic) bond motifs is 1. The fourth-order valence-electron chi connectivity index (χ4n) is 4.65. The molecule has 0 spiro atoms. The zero-order chi connectivity index (χ0) is 25.3. The van der Waals surface area contributed by atoms with Gasteiger partial charge in [-0.3, -0.25) is 19.3 Å². The minimum Gasteiger partial charge on any atom is -0.388 e. The predicted molar refractivity (Wildman–Crippen MR) is 120 cm³/mol. The van der Waals surface area contributed by atoms with Gasteiger partial charge in [0.25, 0.3) is 11.8 Å². The predicted octanol–water partition coefficient (Wildman–Crippen LogP) is 0.502. The van der Waals surface area contributed by atoms with Gasteiger partial charge in [-0.25, -0.2) is 0 Å². The van der Waals surface area contributed by atoms with Crippen LogP contribution in [0.15, 0.2) is 54.6 Å². The summed E-state index contributed by atoms with van der Waals surface area (Å²) in [6.45, 7) is -0.465. The lowest BCUT2D eigenvalue weighted by Crippen LogP contribution is -2.65. The molecule has 0 aromatic heterocycles. The van der Waals surface area contributed by atoms with Gasteiger partial charge in [0.05, 0.1) is 6.54 Å². The molecule has 186 valence electrons. The largest absolute Gasteiger partial charge is 0.388 e. The van der Waals surface area contributed by atoms with Crippen molar-refractivity contribution in [2.75, 3.05) is 27.9 Å². The minimum absolute atomic E-state index is 0.00877. The molecule has 2 heterocycles. The molecule has 10 nitrogen and oxygen atoms in total. The van der Waals surface area contributed by atoms with E-state index in [4.69, 9.17) is 18.9 Å². The van der Waals surface area contributed by atoms with Gasteiger partial charge in [0.1, 0.15) is 24.4 Å². The van der Waals surface area contributed by atoms with Crippen molar-refractivity contribution in [3.63, 3.8) is 0 Å². The van der Waals surface area contributed by atoms with Crippen LogP contribution >= 0.6 is 0 Å². The van der Waals surface area contributed by atoms with Crippen LogP contribution in [0.5, 0.6) is 0 Å². The third kappa shape index (κ3) is 4.08. The van der Waals surface area contributed by atoms with Gasteiger partial charge in [0.15, 0.2) is 6.29 Å². The number of nitrogens with zero attached hydrogens (tertiary/aromatic N) is 1. The molecule has 6 atom stereocenters. The summed E-state index contributed by atoms with van der Waals surface area (Å²) < 4.78 is 21.8. The Labute approximate surface area is 202 Å². The van der Waals surface area contributed by atoms with Crippen LogP contribution in [0.4, 0.5) is 0 Å². The van der Waals surface area contributed by atoms with Gasteiger partial charge in [-0.15, -0.1) is 0 Å². The maximum Gasteiger partial charge on any atom is 0.274 e. The lowest BCUT2D eigenvalue weighted by molar-refractivity contribution is -0.299. The molecule has 0 aliphatic carbocycles. The highest BCUT2D eigenvalue weighted by Gasteiger charge is 2.56. The molecule has 2 N–H and O–H groups in total. The molecule has 2 aromatic carbocycles. The van der Waals surface area contributed by atoms with Crippen LogP contribution in [-0.2, 0) is 29.3 Å². The van der Waals surface area contributed by atoms with E-state index >= 15 is 0 Å². The molecule has 1 saturated heterocycles. The van der Waals surface area contributed by atoms with Crippen molar-refractivity contribution in [2.45, 2.75) is 36.3 Å². The second-order valence-corrected chi connectivity index (χ2v) is 8.34. The zero-order valence-electron chi connectivity index (χ0n) is 19.5. The number of Topliss-reactive ketones (excluding diaryl/α,β-unsaturated/α-hetero) is 1. The molecule has 2 aromatic rings. The van der Waals surface area contributed by atoms with Gasteiger partial charge in [-0.2, -0.15) is 0 Å². The third-order valence-corrected chi connectivity index (χ3v) is 6.47. The summed E-state index contributed by atoms with van der Waals surface area (Å²) in [5.41, 5.74) is -2.66. The fourth-order valence-corrected chi connectivity index (χ4v) is 4.65. The number of hydrogen-bond donors (Lipinski definition) is 2. The number of benzene rings is 2. The zero-order valence-corrected chi connectivity index (χ0v) is 19.5. The number of aliphatic hydroxyl groups excluding tert-OH is 1. The molecule has 1 unspecified atom stereocenters. The number of imide groups is 1. The number of rotatable bonds is 7. The van der Waals surface area contributed by atoms with Crippen LogP contribution in [0.2, 0.25) is 0 Å². The summed E-state index contributed by atoms with van der Waals surface area (Å²) in [5.74, 6) is -2.74. The summed E-state index contributed by atoms with van der Waals surface area (Å²) in [4.78, 5) is 41.1. The van der Waals surface area contributed by atoms with E-state index in [0.717, 1.165) is 4.90 Å². The van der Waals surface area contributed by atoms with Crippen molar-refractivity contribution in [3.05, 3.63) is 71.3 Å². The number of ketones is 1. The first-order valence-electron chi connectivity index (χ1n) is 11.0. The van der Waals surface area contributed by atoms with Crippen molar-refractivity contribution in [1.29, 1.82) is 0 Å². The average Bonchev–Trinajstić information content (AvgIpc) is 2.90. The Hall–Kier alpha value is -2.99. The van der Waals surface area contributed by atoms with Gasteiger partial charge < -0.3 is 29.2 Å². The normalized spacial score (nSPS) is 30.8. The Kier molecular flexibility index (Phi) is 7.13. The smallest absolute Gasteiger partial charge is 0.274 e. The van der Waals surface area contributed by atoms with Crippen molar-refractivity contribution in [1.82, 2.24) is 4.90 Å². The monoisotopic (exact) mass is 485 g/mol. The molecule has 2 aliphatic rings. The fraction of sp³-hybridized carbons (Fsp3) is 0.400. The van der Waals surface area contributed by atoms with E-state index in [0.29, 0.717) is 0 Å². The van der Waals surface area contributed by atoms with Crippen LogP contribution in [-0.4, -0.2) is 91.3 Å². The minimum atomic E-state index is -2.65. The Bertz CT molecular complexity index is 1110. The van der Waals surface area contributed by atoms with Crippen molar-refractivity contribution < 1.29 is 43.5 Å². The second-order valence-electron chi connectivity index (χ2n) is 8.34. The topological polar surface area (TPSA) is 132 Å². The van der Waals surface area contributed by atoms with Gasteiger partial charge in [-0.1, -0.05) is 48.5 Å². The van der Waals surface area contributed by atoms with E-state index in [-0.39, 0.29) is 16.7 Å². The van der Waals surface area contributed by atoms with Crippen LogP contribution in [0, 0.1) is 0 Å². The molecule has 35 heavy (non-hydrogen) atoms. The van der Waals surface area contributed by atoms with E-state index < -0.39 is 60.4 Å². The molecule has 4 rings (SSSR count). The highest BCUT2D eigenvalue weighted by atomic mass is 16.7. The Balaban J connectivity index is 1.73. The van der Waals surface area contributed by atoms with Gasteiger partial charge in [0, 0.05) is 38.0 Å². The molecule has 0 bridgehead atoms. The second kappa shape index (κ2) is 9.94. The van der Waals surface area contributed by atoms with E-state index in [1.54, 1.807) is 24.3 Å². The summed E-state index contributed by atoms with van der Waals surface area (Å²) in [6, 6.07) is 13.7. The first-order valence-corrected chi connectivity index (χ1v) is 11.0. The summed E-state index contributed by atoms with van der Waals surface area (Å²) in [7, 11) is 4.16. The van der Waals surface area contributed by atoms with Crippen molar-refractivity contribution in [2.24, 2.45) is 0 Å². The summed E-state index contributed by atoms with van der Waals surface area (Å²) >= 11 is 0. The number of aliphatic hydroxyl groups is 2. The third-order valence-electron chi connectivity index (χ3n) is 6.47. The molecule has 10 heteroatoms. The van der Waals surface area contributed by atoms with Crippen molar-refractivity contribution >= 4 is 17.6 Å². The maximum atomic E-state index is 13.6. The molecule has 0 saturated carbocycles. The van der Waals surface area contributed by atoms with E-state index in [1.807, 2.05) is 0 Å². The molecular formula is C25H27NO9. The van der Waals surface area contributed by atoms with Crippen molar-refractivity contribution in [3.8, 4) is 0 Å². The standard InChI is InChI=1S/C25H27NO9/c1-32-19-18(27)17(35-23(34-3)20(19)33-2)13-26-22(29)15-11-7-8-12-16(15)25(31,24(26)30)21(28)14-9-5-4-6-10-14/h4-12,17-20,23,27,31H,13H2,1-3H3/t17-,18-,19+,20-,23+,25?/m1/s1. The Morgan fingerprint density at radius 3 is 2.23 bits per heavy atom. The maximum absolute atomic E-state index is 13.6. The quantitative estimate of drug-likeness (QED) is 0.327. The molecular weight excluding hydrogens is 458 g/mol. The average molecular weight is 485 g/mol. The highest BCUT2D eigenvalue weighted by Crippen LogP contribution is 2.37. The number of ether oxygens (including phenoxy) is 4. The van der Waals surface area contributed by atoms with Crippen LogP contribution in [0.3, 0.4) is 0 Å². The number of amides is 2. The molecule has 2 aliphatic heterocycles. The first-order chi connectivity index (χ1) is 16.8. The number of methoxy groups -OCH3 is 3. The SMILES string of the molecule is CO[C@H]1O[C@H](CN2C(=O)c3ccccc3C(O)(C(=O)c3ccccc3)C2=O)[C@@H](O)[C@H](OC)[C@H]1OC. The van der Waals surface area contributed by atoms with Crippen LogP contribution in [0.1, 0.15) is 26.3 Å². The van der Waals surface area contributed by atoms with E-state index in [1.165, 1.54) is 51.7 Å². The van der Waals surface area contributed by atoms with E-state index in [2.05, 4.69) is 0 Å².